The Morgan fingerprint density at radius 1 is 1.00 bits per heavy atom. The fourth-order valence-electron chi connectivity index (χ4n) is 1.82. The van der Waals surface area contributed by atoms with Gasteiger partial charge >= 0.3 is 0 Å². The minimum Gasteiger partial charge on any atom is -0.320 e. The summed E-state index contributed by atoms with van der Waals surface area (Å²) in [6.45, 7) is 1.20. The van der Waals surface area contributed by atoms with E-state index in [4.69, 9.17) is 0 Å². The summed E-state index contributed by atoms with van der Waals surface area (Å²) >= 11 is 0. The van der Waals surface area contributed by atoms with E-state index in [0.717, 1.165) is 42.5 Å². The van der Waals surface area contributed by atoms with E-state index in [1.807, 2.05) is 10.0 Å². The van der Waals surface area contributed by atoms with Crippen molar-refractivity contribution in [3.05, 3.63) is 59.9 Å². The van der Waals surface area contributed by atoms with Gasteiger partial charge in [-0.3, -0.25) is 4.79 Å². The molecule has 0 aliphatic rings. The number of sulfonamides is 1. The Balaban J connectivity index is 2.12. The van der Waals surface area contributed by atoms with Gasteiger partial charge in [0.1, 0.15) is 23.1 Å². The van der Waals surface area contributed by atoms with Crippen LogP contribution < -0.4 is 10.0 Å². The van der Waals surface area contributed by atoms with Crippen LogP contribution in [0.1, 0.15) is 6.92 Å². The fraction of sp³-hybridized carbons (Fsp3) is 0.133. The molecule has 0 aliphatic heterocycles. The summed E-state index contributed by atoms with van der Waals surface area (Å²) in [6.07, 6.45) is 0. The fourth-order valence-corrected chi connectivity index (χ4v) is 3.02. The molecule has 0 aromatic heterocycles. The van der Waals surface area contributed by atoms with Crippen LogP contribution in [0.15, 0.2) is 47.4 Å². The van der Waals surface area contributed by atoms with Gasteiger partial charge in [0.25, 0.3) is 0 Å². The molecule has 0 aliphatic carbocycles. The number of carbonyl (C=O) groups is 1. The predicted octanol–water partition coefficient (Wildman–Crippen LogP) is 2.41. The van der Waals surface area contributed by atoms with E-state index < -0.39 is 45.1 Å². The molecule has 2 aromatic rings. The Hall–Kier alpha value is -2.39. The van der Waals surface area contributed by atoms with Crippen LogP contribution >= 0.6 is 0 Å². The van der Waals surface area contributed by atoms with E-state index in [1.165, 1.54) is 6.92 Å². The highest BCUT2D eigenvalue weighted by Crippen LogP contribution is 2.18. The van der Waals surface area contributed by atoms with Crippen LogP contribution in [0.25, 0.3) is 0 Å². The number of para-hydroxylation sites is 1. The number of nitrogens with one attached hydrogen (secondary N) is 2. The number of anilines is 1. The lowest BCUT2D eigenvalue weighted by atomic mass is 10.2. The summed E-state index contributed by atoms with van der Waals surface area (Å²) in [5, 5.41) is 1.99. The van der Waals surface area contributed by atoms with E-state index >= 15 is 0 Å². The molecule has 0 saturated carbocycles. The second kappa shape index (κ2) is 7.02. The zero-order chi connectivity index (χ0) is 17.9. The number of carbonyl (C=O) groups excluding carboxylic acids is 1. The van der Waals surface area contributed by atoms with Crippen molar-refractivity contribution in [2.45, 2.75) is 17.9 Å². The normalized spacial score (nSPS) is 12.7. The number of benzene rings is 2. The summed E-state index contributed by atoms with van der Waals surface area (Å²) in [7, 11) is -4.10. The molecular weight excluding hydrogens is 345 g/mol. The Kier molecular flexibility index (Phi) is 5.25. The minimum atomic E-state index is -4.10. The monoisotopic (exact) mass is 358 g/mol. The maximum Gasteiger partial charge on any atom is 0.242 e. The van der Waals surface area contributed by atoms with Gasteiger partial charge in [0.15, 0.2) is 0 Å². The van der Waals surface area contributed by atoms with Crippen LogP contribution in [0.4, 0.5) is 18.9 Å². The van der Waals surface area contributed by atoms with Gasteiger partial charge < -0.3 is 5.32 Å². The van der Waals surface area contributed by atoms with Crippen molar-refractivity contribution in [2.24, 2.45) is 0 Å². The molecule has 0 spiro atoms. The molecule has 0 bridgehead atoms. The standard InChI is InChI=1S/C15H13F3N2O3S/c1-9(15(21)19-14-12(17)3-2-4-13(14)18)20-24(22,23)11-7-5-10(16)6-8-11/h2-9,20H,1H3,(H,19,21). The van der Waals surface area contributed by atoms with Crippen molar-refractivity contribution in [3.63, 3.8) is 0 Å². The predicted molar refractivity (Wildman–Crippen MR) is 81.2 cm³/mol. The van der Waals surface area contributed by atoms with Crippen molar-refractivity contribution in [3.8, 4) is 0 Å². The Labute approximate surface area is 136 Å². The molecule has 2 rings (SSSR count). The summed E-state index contributed by atoms with van der Waals surface area (Å²) in [5.74, 6) is -3.55. The molecule has 0 radical (unpaired) electrons. The molecule has 5 nitrogen and oxygen atoms in total. The van der Waals surface area contributed by atoms with E-state index in [1.54, 1.807) is 0 Å². The highest BCUT2D eigenvalue weighted by atomic mass is 32.2. The zero-order valence-corrected chi connectivity index (χ0v) is 13.2. The van der Waals surface area contributed by atoms with Gasteiger partial charge in [-0.2, -0.15) is 4.72 Å². The molecule has 128 valence electrons. The van der Waals surface area contributed by atoms with Gasteiger partial charge in [0.05, 0.1) is 10.9 Å². The highest BCUT2D eigenvalue weighted by Gasteiger charge is 2.23. The zero-order valence-electron chi connectivity index (χ0n) is 12.4. The number of hydrogen-bond donors (Lipinski definition) is 2. The number of halogens is 3. The summed E-state index contributed by atoms with van der Waals surface area (Å²) in [6, 6.07) is 5.66. The van der Waals surface area contributed by atoms with E-state index in [2.05, 4.69) is 0 Å². The van der Waals surface area contributed by atoms with E-state index in [9.17, 15) is 26.4 Å². The third-order valence-electron chi connectivity index (χ3n) is 3.06. The molecule has 24 heavy (non-hydrogen) atoms. The van der Waals surface area contributed by atoms with Gasteiger partial charge in [0, 0.05) is 0 Å². The van der Waals surface area contributed by atoms with Crippen molar-refractivity contribution in [2.75, 3.05) is 5.32 Å². The second-order valence-corrected chi connectivity index (χ2v) is 6.60. The Bertz CT molecular complexity index is 835. The van der Waals surface area contributed by atoms with Crippen LogP contribution in [0.5, 0.6) is 0 Å². The first-order chi connectivity index (χ1) is 11.2. The molecule has 1 amide bonds. The first-order valence-electron chi connectivity index (χ1n) is 6.73. The lowest BCUT2D eigenvalue weighted by Crippen LogP contribution is -2.41. The average molecular weight is 358 g/mol. The van der Waals surface area contributed by atoms with Crippen LogP contribution in [-0.2, 0) is 14.8 Å². The van der Waals surface area contributed by atoms with E-state index in [-0.39, 0.29) is 4.90 Å². The van der Waals surface area contributed by atoms with Gasteiger partial charge in [-0.25, -0.2) is 21.6 Å². The van der Waals surface area contributed by atoms with Crippen molar-refractivity contribution >= 4 is 21.6 Å². The molecule has 0 fully saturated rings. The SMILES string of the molecule is CC(NS(=O)(=O)c1ccc(F)cc1)C(=O)Nc1c(F)cccc1F. The Morgan fingerprint density at radius 3 is 2.08 bits per heavy atom. The minimum absolute atomic E-state index is 0.249. The molecule has 2 N–H and O–H groups in total. The van der Waals surface area contributed by atoms with Crippen molar-refractivity contribution < 1.29 is 26.4 Å². The molecule has 2 aromatic carbocycles. The molecule has 1 unspecified atom stereocenters. The lowest BCUT2D eigenvalue weighted by molar-refractivity contribution is -0.117. The smallest absolute Gasteiger partial charge is 0.242 e. The summed E-state index contributed by atoms with van der Waals surface area (Å²) in [5.41, 5.74) is -0.671. The summed E-state index contributed by atoms with van der Waals surface area (Å²) < 4.78 is 66.0. The van der Waals surface area contributed by atoms with Gasteiger partial charge in [0.2, 0.25) is 15.9 Å². The van der Waals surface area contributed by atoms with Crippen molar-refractivity contribution in [1.29, 1.82) is 0 Å². The molecule has 0 saturated heterocycles. The molecule has 0 heterocycles. The second-order valence-electron chi connectivity index (χ2n) is 4.88. The molecule has 1 atom stereocenters. The van der Waals surface area contributed by atoms with Crippen LogP contribution in [-0.4, -0.2) is 20.4 Å². The molecular formula is C15H13F3N2O3S. The highest BCUT2D eigenvalue weighted by molar-refractivity contribution is 7.89. The van der Waals surface area contributed by atoms with E-state index in [0.29, 0.717) is 0 Å². The number of amides is 1. The molecule has 9 heteroatoms. The largest absolute Gasteiger partial charge is 0.320 e. The third kappa shape index (κ3) is 4.12. The lowest BCUT2D eigenvalue weighted by Gasteiger charge is -2.15. The van der Waals surface area contributed by atoms with Crippen molar-refractivity contribution in [1.82, 2.24) is 4.72 Å². The number of hydrogen-bond acceptors (Lipinski definition) is 3. The van der Waals surface area contributed by atoms with Gasteiger partial charge in [-0.1, -0.05) is 6.07 Å². The maximum absolute atomic E-state index is 13.5. The van der Waals surface area contributed by atoms with Crippen LogP contribution in [0.2, 0.25) is 0 Å². The topological polar surface area (TPSA) is 75.3 Å². The van der Waals surface area contributed by atoms with Gasteiger partial charge in [-0.05, 0) is 43.3 Å². The van der Waals surface area contributed by atoms with Gasteiger partial charge in [-0.15, -0.1) is 0 Å². The summed E-state index contributed by atoms with van der Waals surface area (Å²) in [4.78, 5) is 11.7. The average Bonchev–Trinajstić information content (AvgIpc) is 2.51. The maximum atomic E-state index is 13.5. The Morgan fingerprint density at radius 2 is 1.54 bits per heavy atom. The number of rotatable bonds is 5. The quantitative estimate of drug-likeness (QED) is 0.862. The van der Waals surface area contributed by atoms with Crippen LogP contribution in [0.3, 0.4) is 0 Å². The third-order valence-corrected chi connectivity index (χ3v) is 4.62. The van der Waals surface area contributed by atoms with Crippen LogP contribution in [0, 0.1) is 17.5 Å². The first kappa shape index (κ1) is 18.0. The first-order valence-corrected chi connectivity index (χ1v) is 8.22.